The van der Waals surface area contributed by atoms with E-state index in [9.17, 15) is 4.79 Å². The smallest absolute Gasteiger partial charge is 0.303 e. The monoisotopic (exact) mass is 414 g/mol. The molecule has 3 aromatic carbocycles. The van der Waals surface area contributed by atoms with Crippen molar-refractivity contribution >= 4 is 32.7 Å². The summed E-state index contributed by atoms with van der Waals surface area (Å²) in [5.41, 5.74) is 1.89. The maximum atomic E-state index is 10.8. The predicted octanol–water partition coefficient (Wildman–Crippen LogP) is 5.73. The van der Waals surface area contributed by atoms with Crippen LogP contribution in [0.4, 0.5) is 0 Å². The van der Waals surface area contributed by atoms with Crippen LogP contribution >= 0.6 is 15.9 Å². The number of rotatable bonds is 6. The van der Waals surface area contributed by atoms with Gasteiger partial charge in [-0.15, -0.1) is 0 Å². The van der Waals surface area contributed by atoms with Gasteiger partial charge in [-0.25, -0.2) is 0 Å². The lowest BCUT2D eigenvalue weighted by molar-refractivity contribution is -0.136. The molecule has 0 amide bonds. The second kappa shape index (κ2) is 7.79. The summed E-state index contributed by atoms with van der Waals surface area (Å²) in [5.74, 6) is 1.09. The van der Waals surface area contributed by atoms with E-state index in [0.29, 0.717) is 17.9 Å². The van der Waals surface area contributed by atoms with Crippen LogP contribution in [-0.4, -0.2) is 18.2 Å². The molecule has 0 spiro atoms. The van der Waals surface area contributed by atoms with E-state index in [-0.39, 0.29) is 6.42 Å². The van der Waals surface area contributed by atoms with Gasteiger partial charge in [0.15, 0.2) is 11.5 Å². The molecular formula is C21H19BrO4. The molecule has 0 saturated heterocycles. The van der Waals surface area contributed by atoms with Gasteiger partial charge in [-0.05, 0) is 57.9 Å². The van der Waals surface area contributed by atoms with Gasteiger partial charge in [0.25, 0.3) is 0 Å². The highest BCUT2D eigenvalue weighted by atomic mass is 79.9. The van der Waals surface area contributed by atoms with Gasteiger partial charge < -0.3 is 14.6 Å². The van der Waals surface area contributed by atoms with Gasteiger partial charge in [-0.3, -0.25) is 4.79 Å². The molecule has 0 atom stereocenters. The van der Waals surface area contributed by atoms with Crippen LogP contribution in [0, 0.1) is 6.92 Å². The van der Waals surface area contributed by atoms with E-state index in [4.69, 9.17) is 14.6 Å². The third-order valence-electron chi connectivity index (χ3n) is 4.20. The Bertz CT molecular complexity index is 966. The Hall–Kier alpha value is -2.53. The normalized spacial score (nSPS) is 10.7. The number of carboxylic acids is 1. The molecule has 0 heterocycles. The van der Waals surface area contributed by atoms with Gasteiger partial charge in [-0.2, -0.15) is 0 Å². The lowest BCUT2D eigenvalue weighted by Crippen LogP contribution is -1.99. The first kappa shape index (κ1) is 18.3. The number of fused-ring (bicyclic) bond motifs is 1. The largest absolute Gasteiger partial charge is 0.493 e. The number of benzene rings is 3. The fourth-order valence-corrected chi connectivity index (χ4v) is 3.43. The molecule has 0 radical (unpaired) electrons. The molecular weight excluding hydrogens is 396 g/mol. The summed E-state index contributed by atoms with van der Waals surface area (Å²) in [4.78, 5) is 10.8. The molecule has 0 saturated carbocycles. The number of ether oxygens (including phenoxy) is 2. The Labute approximate surface area is 160 Å². The second-order valence-corrected chi connectivity index (χ2v) is 6.89. The lowest BCUT2D eigenvalue weighted by Gasteiger charge is -2.17. The highest BCUT2D eigenvalue weighted by molar-refractivity contribution is 9.10. The summed E-state index contributed by atoms with van der Waals surface area (Å²) in [6.45, 7) is 2.00. The molecule has 3 aromatic rings. The number of hydrogen-bond acceptors (Lipinski definition) is 3. The Morgan fingerprint density at radius 2 is 1.88 bits per heavy atom. The highest BCUT2D eigenvalue weighted by Gasteiger charge is 2.16. The third kappa shape index (κ3) is 3.83. The average Bonchev–Trinajstić information content (AvgIpc) is 2.63. The van der Waals surface area contributed by atoms with Crippen LogP contribution in [0.1, 0.15) is 17.5 Å². The number of aryl methyl sites for hydroxylation is 2. The molecule has 26 heavy (non-hydrogen) atoms. The zero-order chi connectivity index (χ0) is 18.7. The lowest BCUT2D eigenvalue weighted by atomic mass is 10.1. The van der Waals surface area contributed by atoms with Gasteiger partial charge in [-0.1, -0.05) is 36.4 Å². The number of hydrogen-bond donors (Lipinski definition) is 1. The molecule has 0 aromatic heterocycles. The van der Waals surface area contributed by atoms with Crippen molar-refractivity contribution in [2.24, 2.45) is 0 Å². The number of carboxylic acid groups (broad SMARTS) is 1. The summed E-state index contributed by atoms with van der Waals surface area (Å²) in [6, 6.07) is 15.8. The summed E-state index contributed by atoms with van der Waals surface area (Å²) >= 11 is 3.54. The molecule has 4 nitrogen and oxygen atoms in total. The van der Waals surface area contributed by atoms with Gasteiger partial charge in [0, 0.05) is 11.8 Å². The van der Waals surface area contributed by atoms with Gasteiger partial charge >= 0.3 is 5.97 Å². The van der Waals surface area contributed by atoms with Crippen molar-refractivity contribution < 1.29 is 19.4 Å². The minimum atomic E-state index is -0.827. The van der Waals surface area contributed by atoms with Crippen LogP contribution in [0.15, 0.2) is 53.0 Å². The van der Waals surface area contributed by atoms with E-state index in [1.165, 1.54) is 0 Å². The number of aliphatic carboxylic acids is 1. The SMILES string of the molecule is COc1cc(CCC(=O)O)cc(Br)c1Oc1c(C)ccc2ccccc12. The summed E-state index contributed by atoms with van der Waals surface area (Å²) < 4.78 is 12.5. The maximum Gasteiger partial charge on any atom is 0.303 e. The van der Waals surface area contributed by atoms with E-state index < -0.39 is 5.97 Å². The molecule has 134 valence electrons. The third-order valence-corrected chi connectivity index (χ3v) is 4.79. The first-order valence-electron chi connectivity index (χ1n) is 8.24. The molecule has 0 bridgehead atoms. The molecule has 1 N–H and O–H groups in total. The van der Waals surface area contributed by atoms with Crippen molar-refractivity contribution in [3.05, 3.63) is 64.1 Å². The van der Waals surface area contributed by atoms with Crippen molar-refractivity contribution in [2.45, 2.75) is 19.8 Å². The highest BCUT2D eigenvalue weighted by Crippen LogP contribution is 2.42. The summed E-state index contributed by atoms with van der Waals surface area (Å²) in [5, 5.41) is 11.0. The average molecular weight is 415 g/mol. The zero-order valence-corrected chi connectivity index (χ0v) is 16.2. The molecule has 0 unspecified atom stereocenters. The van der Waals surface area contributed by atoms with Crippen molar-refractivity contribution in [3.8, 4) is 17.2 Å². The van der Waals surface area contributed by atoms with E-state index in [0.717, 1.165) is 32.1 Å². The maximum absolute atomic E-state index is 10.8. The van der Waals surface area contributed by atoms with Gasteiger partial charge in [0.1, 0.15) is 5.75 Å². The second-order valence-electron chi connectivity index (χ2n) is 6.04. The van der Waals surface area contributed by atoms with Crippen molar-refractivity contribution in [3.63, 3.8) is 0 Å². The predicted molar refractivity (Wildman–Crippen MR) is 105 cm³/mol. The minimum absolute atomic E-state index is 0.0677. The van der Waals surface area contributed by atoms with Crippen LogP contribution in [-0.2, 0) is 11.2 Å². The van der Waals surface area contributed by atoms with Crippen LogP contribution in [0.3, 0.4) is 0 Å². The van der Waals surface area contributed by atoms with E-state index in [1.807, 2.05) is 49.4 Å². The quantitative estimate of drug-likeness (QED) is 0.559. The summed E-state index contributed by atoms with van der Waals surface area (Å²) in [6.07, 6.45) is 0.496. The fraction of sp³-hybridized carbons (Fsp3) is 0.190. The van der Waals surface area contributed by atoms with Gasteiger partial charge in [0.2, 0.25) is 0 Å². The number of carbonyl (C=O) groups is 1. The van der Waals surface area contributed by atoms with Crippen LogP contribution < -0.4 is 9.47 Å². The molecule has 0 aliphatic heterocycles. The van der Waals surface area contributed by atoms with Crippen LogP contribution in [0.2, 0.25) is 0 Å². The van der Waals surface area contributed by atoms with Crippen LogP contribution in [0.25, 0.3) is 10.8 Å². The molecule has 3 rings (SSSR count). The first-order chi connectivity index (χ1) is 12.5. The Morgan fingerprint density at radius 3 is 2.62 bits per heavy atom. The fourth-order valence-electron chi connectivity index (χ4n) is 2.86. The Kier molecular flexibility index (Phi) is 5.47. The number of methoxy groups -OCH3 is 1. The first-order valence-corrected chi connectivity index (χ1v) is 9.03. The van der Waals surface area contributed by atoms with Crippen molar-refractivity contribution in [2.75, 3.05) is 7.11 Å². The molecule has 0 aliphatic rings. The van der Waals surface area contributed by atoms with Gasteiger partial charge in [0.05, 0.1) is 11.6 Å². The molecule has 0 fully saturated rings. The number of halogens is 1. The minimum Gasteiger partial charge on any atom is -0.493 e. The van der Waals surface area contributed by atoms with Crippen molar-refractivity contribution in [1.82, 2.24) is 0 Å². The zero-order valence-electron chi connectivity index (χ0n) is 14.6. The van der Waals surface area contributed by atoms with Crippen molar-refractivity contribution in [1.29, 1.82) is 0 Å². The van der Waals surface area contributed by atoms with E-state index in [1.54, 1.807) is 7.11 Å². The standard InChI is InChI=1S/C21H19BrO4/c1-13-7-9-15-5-3-4-6-16(15)20(13)26-21-17(22)11-14(8-10-19(23)24)12-18(21)25-2/h3-7,9,11-12H,8,10H2,1-2H3,(H,23,24). The van der Waals surface area contributed by atoms with Crippen LogP contribution in [0.5, 0.6) is 17.2 Å². The Balaban J connectivity index is 2.03. The van der Waals surface area contributed by atoms with E-state index >= 15 is 0 Å². The topological polar surface area (TPSA) is 55.8 Å². The molecule has 5 heteroatoms. The Morgan fingerprint density at radius 1 is 1.12 bits per heavy atom. The van der Waals surface area contributed by atoms with E-state index in [2.05, 4.69) is 22.0 Å². The molecule has 0 aliphatic carbocycles. The summed E-state index contributed by atoms with van der Waals surface area (Å²) in [7, 11) is 1.57.